The summed E-state index contributed by atoms with van der Waals surface area (Å²) >= 11 is 0. The Morgan fingerprint density at radius 1 is 1.19 bits per heavy atom. The van der Waals surface area contributed by atoms with Crippen molar-refractivity contribution in [1.29, 1.82) is 0 Å². The number of rotatable bonds is 7. The molecule has 0 aliphatic carbocycles. The smallest absolute Gasteiger partial charge is 0.304 e. The summed E-state index contributed by atoms with van der Waals surface area (Å²) in [4.78, 5) is 22.2. The van der Waals surface area contributed by atoms with Crippen molar-refractivity contribution in [3.05, 3.63) is 29.3 Å². The van der Waals surface area contributed by atoms with E-state index in [0.29, 0.717) is 0 Å². The van der Waals surface area contributed by atoms with Gasteiger partial charge in [0.25, 0.3) is 0 Å². The number of benzene rings is 1. The van der Waals surface area contributed by atoms with E-state index in [1.807, 2.05) is 0 Å². The third-order valence-electron chi connectivity index (χ3n) is 2.80. The van der Waals surface area contributed by atoms with E-state index in [2.05, 4.69) is 4.74 Å². The Hall–Kier alpha value is -2.12. The number of carboxylic acids is 1. The van der Waals surface area contributed by atoms with Crippen LogP contribution in [0.3, 0.4) is 0 Å². The van der Waals surface area contributed by atoms with Crippen molar-refractivity contribution in [2.45, 2.75) is 19.8 Å². The summed E-state index contributed by atoms with van der Waals surface area (Å²) in [7, 11) is 0. The molecule has 1 aromatic carbocycles. The first kappa shape index (κ1) is 16.9. The number of carbonyl (C=O) groups excluding carboxylic acids is 1. The molecule has 1 N–H and O–H groups in total. The molecule has 0 spiro atoms. The lowest BCUT2D eigenvalue weighted by molar-refractivity contribution is -0.141. The molecule has 4 nitrogen and oxygen atoms in total. The van der Waals surface area contributed by atoms with Gasteiger partial charge in [0.1, 0.15) is 6.61 Å². The predicted octanol–water partition coefficient (Wildman–Crippen LogP) is 2.69. The summed E-state index contributed by atoms with van der Waals surface area (Å²) in [5.74, 6) is -11.0. The van der Waals surface area contributed by atoms with Gasteiger partial charge in [-0.2, -0.15) is 8.78 Å². The van der Waals surface area contributed by atoms with Gasteiger partial charge in [-0.3, -0.25) is 9.59 Å². The molecule has 1 unspecified atom stereocenters. The van der Waals surface area contributed by atoms with Gasteiger partial charge in [-0.25, -0.2) is 8.78 Å². The summed E-state index contributed by atoms with van der Waals surface area (Å²) < 4.78 is 56.9. The van der Waals surface area contributed by atoms with Gasteiger partial charge in [0.15, 0.2) is 23.2 Å². The number of halogens is 4. The highest BCUT2D eigenvalue weighted by molar-refractivity contribution is 5.86. The average molecular weight is 308 g/mol. The van der Waals surface area contributed by atoms with E-state index in [0.717, 1.165) is 0 Å². The van der Waals surface area contributed by atoms with Crippen LogP contribution >= 0.6 is 0 Å². The molecule has 1 aromatic rings. The Labute approximate surface area is 117 Å². The number of carbonyl (C=O) groups is 2. The van der Waals surface area contributed by atoms with Gasteiger partial charge in [-0.05, 0) is 6.42 Å². The van der Waals surface area contributed by atoms with Gasteiger partial charge >= 0.3 is 5.97 Å². The van der Waals surface area contributed by atoms with Gasteiger partial charge < -0.3 is 9.84 Å². The van der Waals surface area contributed by atoms with Gasteiger partial charge in [0.05, 0.1) is 6.42 Å². The second-order valence-electron chi connectivity index (χ2n) is 4.26. The maximum absolute atomic E-state index is 13.3. The van der Waals surface area contributed by atoms with Gasteiger partial charge in [-0.15, -0.1) is 0 Å². The highest BCUT2D eigenvalue weighted by Gasteiger charge is 2.24. The maximum atomic E-state index is 13.3. The van der Waals surface area contributed by atoms with Gasteiger partial charge in [0.2, 0.25) is 11.6 Å². The minimum Gasteiger partial charge on any atom is -0.481 e. The molecule has 0 saturated heterocycles. The fourth-order valence-corrected chi connectivity index (χ4v) is 1.64. The van der Waals surface area contributed by atoms with Crippen molar-refractivity contribution < 1.29 is 37.0 Å². The van der Waals surface area contributed by atoms with Crippen LogP contribution < -0.4 is 4.74 Å². The van der Waals surface area contributed by atoms with Gasteiger partial charge in [-0.1, -0.05) is 6.92 Å². The van der Waals surface area contributed by atoms with Crippen LogP contribution in [0.1, 0.15) is 19.8 Å². The molecule has 1 rings (SSSR count). The minimum atomic E-state index is -1.76. The number of hydrogen-bond acceptors (Lipinski definition) is 3. The number of hydrogen-bond donors (Lipinski definition) is 1. The summed E-state index contributed by atoms with van der Waals surface area (Å²) in [6.07, 6.45) is -0.294. The lowest BCUT2D eigenvalue weighted by Crippen LogP contribution is -2.24. The van der Waals surface area contributed by atoms with E-state index < -0.39 is 59.7 Å². The van der Waals surface area contributed by atoms with Crippen LogP contribution in [0.5, 0.6) is 5.75 Å². The van der Waals surface area contributed by atoms with Crippen molar-refractivity contribution in [1.82, 2.24) is 0 Å². The Morgan fingerprint density at radius 2 is 1.71 bits per heavy atom. The second kappa shape index (κ2) is 7.05. The summed E-state index contributed by atoms with van der Waals surface area (Å²) in [6, 6.07) is 0.0125. The van der Waals surface area contributed by atoms with Crippen molar-refractivity contribution in [3.63, 3.8) is 0 Å². The van der Waals surface area contributed by atoms with E-state index in [9.17, 15) is 27.2 Å². The van der Waals surface area contributed by atoms with Crippen LogP contribution in [0.15, 0.2) is 6.07 Å². The fraction of sp³-hybridized carbons (Fsp3) is 0.385. The van der Waals surface area contributed by atoms with Crippen molar-refractivity contribution >= 4 is 11.8 Å². The highest BCUT2D eigenvalue weighted by atomic mass is 19.2. The molecule has 0 saturated carbocycles. The summed E-state index contributed by atoms with van der Waals surface area (Å²) in [5, 5.41) is 8.60. The SMILES string of the molecule is CCC(CC(=O)O)C(=O)COc1c(F)c(F)cc(F)c1F. The Morgan fingerprint density at radius 3 is 2.14 bits per heavy atom. The largest absolute Gasteiger partial charge is 0.481 e. The van der Waals surface area contributed by atoms with E-state index in [-0.39, 0.29) is 12.5 Å². The van der Waals surface area contributed by atoms with Crippen LogP contribution in [-0.2, 0) is 9.59 Å². The quantitative estimate of drug-likeness (QED) is 0.621. The summed E-state index contributed by atoms with van der Waals surface area (Å²) in [5.41, 5.74) is 0. The Bertz CT molecular complexity index is 533. The first-order valence-electron chi connectivity index (χ1n) is 5.98. The molecule has 0 bridgehead atoms. The average Bonchev–Trinajstić information content (AvgIpc) is 2.42. The van der Waals surface area contributed by atoms with Crippen molar-refractivity contribution in [3.8, 4) is 5.75 Å². The lowest BCUT2D eigenvalue weighted by Gasteiger charge is -2.13. The zero-order chi connectivity index (χ0) is 16.2. The first-order chi connectivity index (χ1) is 9.77. The number of ketones is 1. The molecule has 0 aliphatic rings. The molecule has 8 heteroatoms. The second-order valence-corrected chi connectivity index (χ2v) is 4.26. The molecule has 0 heterocycles. The molecule has 1 atom stereocenters. The topological polar surface area (TPSA) is 63.6 Å². The standard InChI is InChI=1S/C13H12F4O4/c1-2-6(3-10(19)20)9(18)5-21-13-11(16)7(14)4-8(15)12(13)17/h4,6H,2-3,5H2,1H3,(H,19,20). The Balaban J connectivity index is 2.84. The van der Waals surface area contributed by atoms with E-state index in [1.165, 1.54) is 0 Å². The van der Waals surface area contributed by atoms with Crippen LogP contribution in [-0.4, -0.2) is 23.5 Å². The predicted molar refractivity (Wildman–Crippen MR) is 62.8 cm³/mol. The van der Waals surface area contributed by atoms with Crippen LogP contribution in [0, 0.1) is 29.2 Å². The van der Waals surface area contributed by atoms with Crippen molar-refractivity contribution in [2.24, 2.45) is 5.92 Å². The number of ether oxygens (including phenoxy) is 1. The zero-order valence-corrected chi connectivity index (χ0v) is 11.0. The van der Waals surface area contributed by atoms with E-state index in [4.69, 9.17) is 5.11 Å². The summed E-state index contributed by atoms with van der Waals surface area (Å²) in [6.45, 7) is 0.664. The fourth-order valence-electron chi connectivity index (χ4n) is 1.64. The molecule has 0 radical (unpaired) electrons. The minimum absolute atomic E-state index is 0.0125. The van der Waals surface area contributed by atoms with Crippen LogP contribution in [0.4, 0.5) is 17.6 Å². The third-order valence-corrected chi connectivity index (χ3v) is 2.80. The van der Waals surface area contributed by atoms with Gasteiger partial charge in [0, 0.05) is 12.0 Å². The zero-order valence-electron chi connectivity index (χ0n) is 11.0. The number of Topliss-reactive ketones (excluding diaryl/α,β-unsaturated/α-hetero) is 1. The van der Waals surface area contributed by atoms with Crippen LogP contribution in [0.2, 0.25) is 0 Å². The highest BCUT2D eigenvalue weighted by Crippen LogP contribution is 2.26. The van der Waals surface area contributed by atoms with E-state index in [1.54, 1.807) is 6.92 Å². The van der Waals surface area contributed by atoms with Crippen molar-refractivity contribution in [2.75, 3.05) is 6.61 Å². The monoisotopic (exact) mass is 308 g/mol. The molecule has 0 amide bonds. The molecule has 116 valence electrons. The maximum Gasteiger partial charge on any atom is 0.304 e. The van der Waals surface area contributed by atoms with E-state index >= 15 is 0 Å². The normalized spacial score (nSPS) is 12.0. The first-order valence-corrected chi connectivity index (χ1v) is 5.98. The molecule has 0 aromatic heterocycles. The molecule has 21 heavy (non-hydrogen) atoms. The third kappa shape index (κ3) is 4.17. The number of carboxylic acid groups (broad SMARTS) is 1. The molecular weight excluding hydrogens is 296 g/mol. The Kier molecular flexibility index (Phi) is 5.69. The number of aliphatic carboxylic acids is 1. The molecule has 0 aliphatic heterocycles. The lowest BCUT2D eigenvalue weighted by atomic mass is 9.98. The van der Waals surface area contributed by atoms with Crippen LogP contribution in [0.25, 0.3) is 0 Å². The molecule has 0 fully saturated rings. The molecular formula is C13H12F4O4.